The first-order valence-electron chi connectivity index (χ1n) is 21.4. The summed E-state index contributed by atoms with van der Waals surface area (Å²) in [6.07, 6.45) is 17.1. The van der Waals surface area contributed by atoms with Gasteiger partial charge < -0.3 is 22.2 Å². The minimum absolute atomic E-state index is 0. The van der Waals surface area contributed by atoms with Crippen LogP contribution in [0.2, 0.25) is 0 Å². The molecule has 54 heavy (non-hydrogen) atoms. The van der Waals surface area contributed by atoms with Crippen LogP contribution in [0.5, 0.6) is 0 Å². The standard InChI is InChI=1S/C23H37N.C21H33N.C2H6B.4ClH.Ga/c1-17(2)19-11-10-12-20(18(3)4)21(19)24-16-23(15-22(24,5)6)13-8-7-9-14-23;1-16(2)18-11-9-10-17(3)19(18)22-15-21(14-20(22,4)5)12-7-6-8-13-21;1-3-2;;;;;/h10-12,17-18H,7-9,13-16H2,1-6H3;9-11,16H,6-8,12-15H2,1-5H3;1-3H2;4*1H;/q;;+1;;;;;+3/p-4. The third kappa shape index (κ3) is 12.8. The summed E-state index contributed by atoms with van der Waals surface area (Å²) >= 11 is -2.06. The van der Waals surface area contributed by atoms with E-state index in [4.69, 9.17) is 28.9 Å². The first kappa shape index (κ1) is 49.8. The van der Waals surface area contributed by atoms with Crippen LogP contribution in [-0.4, -0.2) is 44.7 Å². The Kier molecular flexibility index (Phi) is 19.9. The molecular weight excluding hydrogens is 803 g/mol. The molecule has 8 heteroatoms. The van der Waals surface area contributed by atoms with E-state index >= 15 is 0 Å². The van der Waals surface area contributed by atoms with E-state index in [-0.39, 0.29) is 30.8 Å². The number of aryl methyl sites for hydroxylation is 1. The van der Waals surface area contributed by atoms with Crippen molar-refractivity contribution in [2.24, 2.45) is 10.8 Å². The summed E-state index contributed by atoms with van der Waals surface area (Å²) in [6.45, 7) is 35.8. The number of rotatable bonds is 5. The van der Waals surface area contributed by atoms with E-state index in [0.29, 0.717) is 28.6 Å². The SMILES string of the molecule is CC(C)c1cccc(C(C)C)c1N1CC2(CCCCC2)CC1(C)C.Cc1cccc(C(C)C)c1N1CC2(CCCCC2)CC1(C)C.[CH2+][BH2-][CH2+].[Cl-].[Cl][Ga]([Cl])[Cl]. The second-order valence-corrected chi connectivity index (χ2v) is 30.6. The van der Waals surface area contributed by atoms with Gasteiger partial charge in [-0.15, -0.1) is 0 Å². The van der Waals surface area contributed by atoms with Crippen LogP contribution in [0.25, 0.3) is 0 Å². The van der Waals surface area contributed by atoms with Gasteiger partial charge in [0.2, 0.25) is 0 Å². The maximum atomic E-state index is 4.99. The average molecular weight is 879 g/mol. The summed E-state index contributed by atoms with van der Waals surface area (Å²) in [5.74, 6) is 1.75. The number of para-hydroxylation sites is 2. The fourth-order valence-corrected chi connectivity index (χ4v) is 10.6. The Morgan fingerprint density at radius 3 is 1.22 bits per heavy atom. The molecule has 2 aromatic rings. The molecule has 2 saturated carbocycles. The van der Waals surface area contributed by atoms with Crippen LogP contribution in [0.3, 0.4) is 0 Å². The van der Waals surface area contributed by atoms with Gasteiger partial charge in [0, 0.05) is 35.5 Å². The van der Waals surface area contributed by atoms with E-state index in [9.17, 15) is 0 Å². The Morgan fingerprint density at radius 1 is 0.593 bits per heavy atom. The fourth-order valence-electron chi connectivity index (χ4n) is 10.6. The average Bonchev–Trinajstić information content (AvgIpc) is 3.47. The van der Waals surface area contributed by atoms with E-state index in [0.717, 1.165) is 0 Å². The Morgan fingerprint density at radius 2 is 0.889 bits per heavy atom. The molecular formula is C46H76BCl4GaN2. The zero-order valence-electron chi connectivity index (χ0n) is 36.5. The van der Waals surface area contributed by atoms with Gasteiger partial charge in [0.25, 0.3) is 0 Å². The van der Waals surface area contributed by atoms with E-state index in [1.165, 1.54) is 107 Å². The second-order valence-electron chi connectivity index (χ2n) is 19.3. The van der Waals surface area contributed by atoms with Gasteiger partial charge >= 0.3 is 49.4 Å². The van der Waals surface area contributed by atoms with Crippen molar-refractivity contribution < 1.29 is 12.4 Å². The van der Waals surface area contributed by atoms with Crippen molar-refractivity contribution in [3.63, 3.8) is 0 Å². The summed E-state index contributed by atoms with van der Waals surface area (Å²) in [6, 6.07) is 13.9. The van der Waals surface area contributed by atoms with Crippen LogP contribution in [0.15, 0.2) is 36.4 Å². The van der Waals surface area contributed by atoms with Gasteiger partial charge in [0.1, 0.15) is 0 Å². The van der Waals surface area contributed by atoms with Crippen molar-refractivity contribution in [2.75, 3.05) is 22.9 Å². The molecule has 2 heterocycles. The summed E-state index contributed by atoms with van der Waals surface area (Å²) in [5.41, 5.74) is 10.9. The molecule has 2 aliphatic heterocycles. The molecule has 2 aromatic carbocycles. The molecule has 304 valence electrons. The van der Waals surface area contributed by atoms with Gasteiger partial charge in [-0.3, -0.25) is 0 Å². The Balaban J connectivity index is 0.000000315. The van der Waals surface area contributed by atoms with Crippen molar-refractivity contribution in [1.29, 1.82) is 0 Å². The van der Waals surface area contributed by atoms with E-state index < -0.39 is 13.2 Å². The van der Waals surface area contributed by atoms with E-state index in [1.54, 1.807) is 16.8 Å². The molecule has 0 N–H and O–H groups in total. The van der Waals surface area contributed by atoms with Gasteiger partial charge in [0.05, 0.1) is 0 Å². The Bertz CT molecular complexity index is 1380. The zero-order valence-corrected chi connectivity index (χ0v) is 41.9. The van der Waals surface area contributed by atoms with Crippen molar-refractivity contribution in [1.82, 2.24) is 0 Å². The molecule has 0 aromatic heterocycles. The number of halogens is 4. The molecule has 4 fully saturated rings. The molecule has 2 aliphatic carbocycles. The number of hydrogen-bond donors (Lipinski definition) is 0. The topological polar surface area (TPSA) is 6.48 Å². The quantitative estimate of drug-likeness (QED) is 0.218. The Labute approximate surface area is 358 Å². The van der Waals surface area contributed by atoms with Gasteiger partial charge in [-0.1, -0.05) is 130 Å². The van der Waals surface area contributed by atoms with Crippen molar-refractivity contribution in [3.05, 3.63) is 72.3 Å². The first-order chi connectivity index (χ1) is 24.8. The third-order valence-corrected chi connectivity index (χ3v) is 12.7. The molecule has 4 aliphatic rings. The number of hydrogen-bond acceptors (Lipinski definition) is 2. The molecule has 2 spiro atoms. The first-order valence-corrected chi connectivity index (χ1v) is 31.0. The molecule has 6 rings (SSSR count). The molecule has 0 radical (unpaired) electrons. The zero-order chi connectivity index (χ0) is 39.8. The molecule has 0 atom stereocenters. The Hall–Kier alpha value is -0.359. The van der Waals surface area contributed by atoms with Crippen LogP contribution in [0.1, 0.15) is 186 Å². The second kappa shape index (κ2) is 21.6. The normalized spacial score (nSPS) is 20.5. The van der Waals surface area contributed by atoms with Crippen molar-refractivity contribution in [2.45, 2.75) is 182 Å². The minimum atomic E-state index is -2.06. The summed E-state index contributed by atoms with van der Waals surface area (Å²) in [7, 11) is 15.0. The van der Waals surface area contributed by atoms with Crippen LogP contribution in [-0.2, 0) is 0 Å². The molecule has 0 unspecified atom stereocenters. The molecule has 2 nitrogen and oxygen atoms in total. The maximum absolute atomic E-state index is 4.99. The third-order valence-electron chi connectivity index (χ3n) is 12.7. The number of benzene rings is 2. The van der Waals surface area contributed by atoms with Gasteiger partial charge in [-0.25, -0.2) is 0 Å². The summed E-state index contributed by atoms with van der Waals surface area (Å²) < 4.78 is 0. The molecule has 0 amide bonds. The fraction of sp³-hybridized carbons (Fsp3) is 0.696. The van der Waals surface area contributed by atoms with Crippen molar-refractivity contribution >= 4 is 60.8 Å². The predicted molar refractivity (Wildman–Crippen MR) is 246 cm³/mol. The summed E-state index contributed by atoms with van der Waals surface area (Å²) in [5, 5.41) is 0. The van der Waals surface area contributed by atoms with Gasteiger partial charge in [-0.05, 0) is 124 Å². The van der Waals surface area contributed by atoms with Crippen molar-refractivity contribution in [3.8, 4) is 0 Å². The van der Waals surface area contributed by atoms with Crippen LogP contribution in [0, 0.1) is 31.4 Å². The number of nitrogens with zero attached hydrogens (tertiary/aromatic N) is 2. The van der Waals surface area contributed by atoms with Crippen LogP contribution < -0.4 is 22.2 Å². The summed E-state index contributed by atoms with van der Waals surface area (Å²) in [4.78, 5) is 5.58. The number of anilines is 2. The van der Waals surface area contributed by atoms with Crippen LogP contribution in [0.4, 0.5) is 11.4 Å². The van der Waals surface area contributed by atoms with Gasteiger partial charge in [0.15, 0.2) is 0 Å². The molecule has 0 bridgehead atoms. The predicted octanol–water partition coefficient (Wildman–Crippen LogP) is 11.4. The van der Waals surface area contributed by atoms with Crippen LogP contribution >= 0.6 is 28.9 Å². The monoisotopic (exact) mass is 876 g/mol. The van der Waals surface area contributed by atoms with Gasteiger partial charge in [-0.2, -0.15) is 0 Å². The van der Waals surface area contributed by atoms with E-state index in [1.807, 2.05) is 0 Å². The van der Waals surface area contributed by atoms with E-state index in [2.05, 4.69) is 136 Å². The molecule has 2 saturated heterocycles.